The normalized spacial score (nSPS) is 18.3. The van der Waals surface area contributed by atoms with Crippen LogP contribution in [0, 0.1) is 0 Å². The molecule has 3 N–H and O–H groups in total. The third-order valence-electron chi connectivity index (χ3n) is 6.25. The van der Waals surface area contributed by atoms with E-state index < -0.39 is 16.0 Å². The predicted octanol–water partition coefficient (Wildman–Crippen LogP) is 4.57. The number of hydrogen-bond donors (Lipinski definition) is 3. The van der Waals surface area contributed by atoms with Gasteiger partial charge in [0.15, 0.2) is 0 Å². The van der Waals surface area contributed by atoms with E-state index >= 15 is 0 Å². The predicted molar refractivity (Wildman–Crippen MR) is 140 cm³/mol. The minimum atomic E-state index is -3.24. The molecule has 1 fully saturated rings. The van der Waals surface area contributed by atoms with E-state index in [-0.39, 0.29) is 30.9 Å². The molecule has 0 spiro atoms. The second kappa shape index (κ2) is 13.8. The van der Waals surface area contributed by atoms with Crippen LogP contribution in [0.3, 0.4) is 0 Å². The SMILES string of the molecule is CS(=O)(=O)NC1CCCNC1Cc1cccc(-c2ccccc2CCCCCCC(=O)O)c1.Cl. The van der Waals surface area contributed by atoms with Gasteiger partial charge in [0.2, 0.25) is 10.0 Å². The number of benzene rings is 2. The van der Waals surface area contributed by atoms with Gasteiger partial charge in [-0.15, -0.1) is 12.4 Å². The van der Waals surface area contributed by atoms with Crippen molar-refractivity contribution in [2.75, 3.05) is 12.8 Å². The standard InChI is InChI=1S/C26H36N2O4S.ClH/c1-33(31,32)28-24-15-9-17-27-25(24)19-20-10-8-13-22(18-20)23-14-7-6-12-21(23)11-4-2-3-5-16-26(29)30;/h6-8,10,12-14,18,24-25,27-28H,2-5,9,11,15-17,19H2,1H3,(H,29,30);1H. The van der Waals surface area contributed by atoms with E-state index in [0.717, 1.165) is 57.9 Å². The number of aryl methyl sites for hydroxylation is 1. The van der Waals surface area contributed by atoms with Crippen molar-refractivity contribution in [1.29, 1.82) is 0 Å². The number of carbonyl (C=O) groups is 1. The second-order valence-electron chi connectivity index (χ2n) is 9.07. The van der Waals surface area contributed by atoms with E-state index in [0.29, 0.717) is 0 Å². The van der Waals surface area contributed by atoms with Gasteiger partial charge >= 0.3 is 5.97 Å². The van der Waals surface area contributed by atoms with Crippen LogP contribution in [-0.4, -0.2) is 44.4 Å². The highest BCUT2D eigenvalue weighted by molar-refractivity contribution is 7.88. The Morgan fingerprint density at radius 3 is 2.62 bits per heavy atom. The highest BCUT2D eigenvalue weighted by Crippen LogP contribution is 2.27. The molecule has 0 aromatic heterocycles. The lowest BCUT2D eigenvalue weighted by atomic mass is 9.91. The minimum Gasteiger partial charge on any atom is -0.481 e. The first-order valence-corrected chi connectivity index (χ1v) is 13.8. The number of carboxylic acid groups (broad SMARTS) is 1. The number of hydrogen-bond acceptors (Lipinski definition) is 4. The number of piperidine rings is 1. The van der Waals surface area contributed by atoms with Crippen molar-refractivity contribution in [2.45, 2.75) is 69.9 Å². The Bertz CT molecular complexity index is 1030. The molecule has 1 heterocycles. The maximum atomic E-state index is 11.8. The highest BCUT2D eigenvalue weighted by Gasteiger charge is 2.27. The average Bonchev–Trinajstić information content (AvgIpc) is 2.77. The molecule has 34 heavy (non-hydrogen) atoms. The average molecular weight is 509 g/mol. The molecule has 0 saturated carbocycles. The fourth-order valence-corrected chi connectivity index (χ4v) is 5.50. The Balaban J connectivity index is 0.00000408. The molecule has 1 aliphatic rings. The molecular weight excluding hydrogens is 472 g/mol. The number of halogens is 1. The van der Waals surface area contributed by atoms with Crippen LogP contribution in [0.4, 0.5) is 0 Å². The van der Waals surface area contributed by atoms with Crippen molar-refractivity contribution in [1.82, 2.24) is 10.0 Å². The van der Waals surface area contributed by atoms with Crippen molar-refractivity contribution in [2.24, 2.45) is 0 Å². The van der Waals surface area contributed by atoms with Gasteiger partial charge in [-0.2, -0.15) is 0 Å². The Kier molecular flexibility index (Phi) is 11.5. The number of rotatable bonds is 12. The summed E-state index contributed by atoms with van der Waals surface area (Å²) in [5, 5.41) is 12.3. The Hall–Kier alpha value is -1.93. The maximum Gasteiger partial charge on any atom is 0.303 e. The van der Waals surface area contributed by atoms with Gasteiger partial charge in [-0.05, 0) is 67.3 Å². The Labute approximate surface area is 210 Å². The van der Waals surface area contributed by atoms with Gasteiger partial charge in [0, 0.05) is 18.5 Å². The topological polar surface area (TPSA) is 95.5 Å². The van der Waals surface area contributed by atoms with Gasteiger partial charge < -0.3 is 10.4 Å². The molecule has 2 unspecified atom stereocenters. The first-order valence-electron chi connectivity index (χ1n) is 11.9. The van der Waals surface area contributed by atoms with Gasteiger partial charge in [-0.25, -0.2) is 13.1 Å². The van der Waals surface area contributed by atoms with Crippen molar-refractivity contribution in [3.63, 3.8) is 0 Å². The molecule has 188 valence electrons. The van der Waals surface area contributed by atoms with Crippen LogP contribution in [0.5, 0.6) is 0 Å². The minimum absolute atomic E-state index is 0. The maximum absolute atomic E-state index is 11.8. The zero-order valence-corrected chi connectivity index (χ0v) is 21.5. The molecule has 2 aromatic rings. The summed E-state index contributed by atoms with van der Waals surface area (Å²) in [6.45, 7) is 0.904. The third-order valence-corrected chi connectivity index (χ3v) is 6.98. The second-order valence-corrected chi connectivity index (χ2v) is 10.8. The molecule has 1 saturated heterocycles. The van der Waals surface area contributed by atoms with Gasteiger partial charge in [0.25, 0.3) is 0 Å². The Morgan fingerprint density at radius 1 is 1.09 bits per heavy atom. The molecular formula is C26H37ClN2O4S. The fourth-order valence-electron chi connectivity index (χ4n) is 4.67. The summed E-state index contributed by atoms with van der Waals surface area (Å²) in [5.74, 6) is -0.720. The van der Waals surface area contributed by atoms with Crippen molar-refractivity contribution in [3.05, 3.63) is 59.7 Å². The van der Waals surface area contributed by atoms with Crippen molar-refractivity contribution in [3.8, 4) is 11.1 Å². The number of sulfonamides is 1. The highest BCUT2D eigenvalue weighted by atomic mass is 35.5. The van der Waals surface area contributed by atoms with E-state index in [4.69, 9.17) is 5.11 Å². The van der Waals surface area contributed by atoms with Crippen molar-refractivity contribution >= 4 is 28.4 Å². The van der Waals surface area contributed by atoms with Gasteiger partial charge in [0.05, 0.1) is 6.26 Å². The van der Waals surface area contributed by atoms with Crippen LogP contribution in [0.15, 0.2) is 48.5 Å². The van der Waals surface area contributed by atoms with Crippen LogP contribution in [0.25, 0.3) is 11.1 Å². The van der Waals surface area contributed by atoms with E-state index in [1.165, 1.54) is 28.5 Å². The molecule has 0 amide bonds. The van der Waals surface area contributed by atoms with E-state index in [1.807, 2.05) is 0 Å². The molecule has 0 radical (unpaired) electrons. The molecule has 8 heteroatoms. The monoisotopic (exact) mass is 508 g/mol. The van der Waals surface area contributed by atoms with Crippen LogP contribution in [0.1, 0.15) is 56.1 Å². The van der Waals surface area contributed by atoms with Crippen LogP contribution >= 0.6 is 12.4 Å². The largest absolute Gasteiger partial charge is 0.481 e. The van der Waals surface area contributed by atoms with Crippen LogP contribution in [0.2, 0.25) is 0 Å². The molecule has 0 bridgehead atoms. The first kappa shape index (κ1) is 28.3. The first-order chi connectivity index (χ1) is 15.8. The molecule has 1 aliphatic heterocycles. The number of nitrogens with one attached hydrogen (secondary N) is 2. The zero-order valence-electron chi connectivity index (χ0n) is 19.8. The van der Waals surface area contributed by atoms with Gasteiger partial charge in [-0.1, -0.05) is 61.4 Å². The lowest BCUT2D eigenvalue weighted by Crippen LogP contribution is -2.54. The fraction of sp³-hybridized carbons (Fsp3) is 0.500. The molecule has 2 aromatic carbocycles. The quantitative estimate of drug-likeness (QED) is 0.365. The number of unbranched alkanes of at least 4 members (excludes halogenated alkanes) is 3. The summed E-state index contributed by atoms with van der Waals surface area (Å²) in [7, 11) is -3.24. The molecule has 3 rings (SSSR count). The summed E-state index contributed by atoms with van der Waals surface area (Å²) in [6, 6.07) is 17.0. The smallest absolute Gasteiger partial charge is 0.303 e. The lowest BCUT2D eigenvalue weighted by molar-refractivity contribution is -0.137. The van der Waals surface area contributed by atoms with Crippen LogP contribution < -0.4 is 10.0 Å². The summed E-state index contributed by atoms with van der Waals surface area (Å²) < 4.78 is 26.4. The van der Waals surface area contributed by atoms with E-state index in [2.05, 4.69) is 58.6 Å². The summed E-state index contributed by atoms with van der Waals surface area (Å²) in [5.41, 5.74) is 4.90. The number of aliphatic carboxylic acids is 1. The Morgan fingerprint density at radius 2 is 1.85 bits per heavy atom. The lowest BCUT2D eigenvalue weighted by Gasteiger charge is -2.33. The molecule has 2 atom stereocenters. The summed E-state index contributed by atoms with van der Waals surface area (Å²) in [4.78, 5) is 10.7. The van der Waals surface area contributed by atoms with Crippen molar-refractivity contribution < 1.29 is 18.3 Å². The van der Waals surface area contributed by atoms with Gasteiger partial charge in [-0.3, -0.25) is 4.79 Å². The van der Waals surface area contributed by atoms with E-state index in [1.54, 1.807) is 0 Å². The van der Waals surface area contributed by atoms with Crippen LogP contribution in [-0.2, 0) is 27.7 Å². The molecule has 0 aliphatic carbocycles. The van der Waals surface area contributed by atoms with Gasteiger partial charge in [0.1, 0.15) is 0 Å². The zero-order chi connectivity index (χ0) is 23.7. The summed E-state index contributed by atoms with van der Waals surface area (Å²) >= 11 is 0. The molecule has 6 nitrogen and oxygen atoms in total. The number of carboxylic acids is 1. The van der Waals surface area contributed by atoms with E-state index in [9.17, 15) is 13.2 Å². The summed E-state index contributed by atoms with van der Waals surface area (Å²) in [6.07, 6.45) is 8.79. The third kappa shape index (κ3) is 9.37.